The van der Waals surface area contributed by atoms with Crippen molar-refractivity contribution < 1.29 is 33.4 Å². The summed E-state index contributed by atoms with van der Waals surface area (Å²) in [7, 11) is 6.86. The van der Waals surface area contributed by atoms with Crippen LogP contribution < -0.4 is 0 Å². The Hall–Kier alpha value is -3.56. The van der Waals surface area contributed by atoms with Crippen LogP contribution in [-0.4, -0.2) is 86.3 Å². The fourth-order valence-corrected chi connectivity index (χ4v) is 4.19. The zero-order valence-electron chi connectivity index (χ0n) is 23.8. The SMILES string of the molecule is Cc1cc(C)c(C=C[C@H](C[C@H](CC(=O)O)OC(=O)CN(C)C)OC(=O)CN(C)C)c(-c2ccc(F)c(C)c2)c1. The van der Waals surface area contributed by atoms with Crippen molar-refractivity contribution in [3.05, 3.63) is 64.5 Å². The Morgan fingerprint density at radius 3 is 2.10 bits per heavy atom. The Balaban J connectivity index is 2.46. The molecule has 0 aliphatic rings. The van der Waals surface area contributed by atoms with E-state index in [4.69, 9.17) is 9.47 Å². The van der Waals surface area contributed by atoms with Crippen molar-refractivity contribution in [3.8, 4) is 11.1 Å². The van der Waals surface area contributed by atoms with Gasteiger partial charge in [0.1, 0.15) is 18.0 Å². The summed E-state index contributed by atoms with van der Waals surface area (Å²) >= 11 is 0. The molecule has 0 saturated heterocycles. The molecule has 0 aromatic heterocycles. The number of halogens is 1. The number of hydrogen-bond acceptors (Lipinski definition) is 7. The zero-order chi connectivity index (χ0) is 29.3. The van der Waals surface area contributed by atoms with Gasteiger partial charge in [0, 0.05) is 6.42 Å². The molecule has 0 bridgehead atoms. The maximum Gasteiger partial charge on any atom is 0.320 e. The van der Waals surface area contributed by atoms with Gasteiger partial charge in [-0.15, -0.1) is 0 Å². The van der Waals surface area contributed by atoms with E-state index in [1.807, 2.05) is 32.1 Å². The predicted molar refractivity (Wildman–Crippen MR) is 149 cm³/mol. The molecule has 0 radical (unpaired) electrons. The van der Waals surface area contributed by atoms with Gasteiger partial charge in [0.15, 0.2) is 0 Å². The van der Waals surface area contributed by atoms with E-state index < -0.39 is 36.5 Å². The number of carboxylic acid groups (broad SMARTS) is 1. The second-order valence-electron chi connectivity index (χ2n) is 10.3. The van der Waals surface area contributed by atoms with Crippen LogP contribution in [0.3, 0.4) is 0 Å². The molecule has 2 rings (SSSR count). The highest BCUT2D eigenvalue weighted by Crippen LogP contribution is 2.30. The maximum atomic E-state index is 14.0. The van der Waals surface area contributed by atoms with Gasteiger partial charge in [0.05, 0.1) is 19.5 Å². The fourth-order valence-electron chi connectivity index (χ4n) is 4.19. The lowest BCUT2D eigenvalue weighted by Crippen LogP contribution is -2.33. The summed E-state index contributed by atoms with van der Waals surface area (Å²) in [6.07, 6.45) is 1.16. The van der Waals surface area contributed by atoms with E-state index in [-0.39, 0.29) is 25.3 Å². The van der Waals surface area contributed by atoms with Gasteiger partial charge in [-0.3, -0.25) is 24.2 Å². The Morgan fingerprint density at radius 1 is 0.923 bits per heavy atom. The molecule has 39 heavy (non-hydrogen) atoms. The first kappa shape index (κ1) is 31.7. The van der Waals surface area contributed by atoms with Gasteiger partial charge < -0.3 is 14.6 Å². The first-order chi connectivity index (χ1) is 18.2. The molecule has 0 fully saturated rings. The topological polar surface area (TPSA) is 96.4 Å². The predicted octanol–water partition coefficient (Wildman–Crippen LogP) is 4.24. The minimum Gasteiger partial charge on any atom is -0.481 e. The summed E-state index contributed by atoms with van der Waals surface area (Å²) in [4.78, 5) is 39.6. The number of esters is 2. The van der Waals surface area contributed by atoms with E-state index in [0.717, 1.165) is 27.8 Å². The Kier molecular flexibility index (Phi) is 11.8. The molecule has 0 heterocycles. The number of carbonyl (C=O) groups is 3. The van der Waals surface area contributed by atoms with E-state index in [2.05, 4.69) is 0 Å². The van der Waals surface area contributed by atoms with Crippen molar-refractivity contribution >= 4 is 24.0 Å². The van der Waals surface area contributed by atoms with E-state index in [9.17, 15) is 23.9 Å². The number of benzene rings is 2. The van der Waals surface area contributed by atoms with Crippen molar-refractivity contribution in [3.63, 3.8) is 0 Å². The van der Waals surface area contributed by atoms with Gasteiger partial charge in [-0.1, -0.05) is 29.8 Å². The van der Waals surface area contributed by atoms with E-state index >= 15 is 0 Å². The van der Waals surface area contributed by atoms with Gasteiger partial charge in [-0.2, -0.15) is 0 Å². The molecule has 2 aromatic carbocycles. The summed E-state index contributed by atoms with van der Waals surface area (Å²) in [5.74, 6) is -2.50. The third-order valence-corrected chi connectivity index (χ3v) is 5.85. The van der Waals surface area contributed by atoms with Crippen LogP contribution in [-0.2, 0) is 23.9 Å². The van der Waals surface area contributed by atoms with E-state index in [0.29, 0.717) is 5.56 Å². The van der Waals surface area contributed by atoms with E-state index in [1.165, 1.54) is 6.07 Å². The number of hydrogen-bond donors (Lipinski definition) is 1. The van der Waals surface area contributed by atoms with Crippen LogP contribution in [0.25, 0.3) is 17.2 Å². The lowest BCUT2D eigenvalue weighted by Gasteiger charge is -2.23. The Bertz CT molecular complexity index is 1210. The van der Waals surface area contributed by atoms with Crippen LogP contribution in [0.5, 0.6) is 0 Å². The number of rotatable bonds is 13. The average Bonchev–Trinajstić information content (AvgIpc) is 2.78. The molecule has 2 atom stereocenters. The molecule has 8 nitrogen and oxygen atoms in total. The lowest BCUT2D eigenvalue weighted by molar-refractivity contribution is -0.156. The molecular weight excluding hydrogens is 503 g/mol. The molecule has 2 aromatic rings. The monoisotopic (exact) mass is 542 g/mol. The number of aliphatic carboxylic acids is 1. The molecule has 9 heteroatoms. The fraction of sp³-hybridized carbons (Fsp3) is 0.433. The minimum atomic E-state index is -1.14. The summed E-state index contributed by atoms with van der Waals surface area (Å²) in [5, 5.41) is 9.41. The molecule has 0 amide bonds. The average molecular weight is 543 g/mol. The van der Waals surface area contributed by atoms with Gasteiger partial charge in [-0.05, 0) is 95.0 Å². The highest BCUT2D eigenvalue weighted by Gasteiger charge is 2.25. The normalized spacial score (nSPS) is 13.1. The van der Waals surface area contributed by atoms with Crippen LogP contribution in [0.2, 0.25) is 0 Å². The minimum absolute atomic E-state index is 0.0138. The molecule has 0 aliphatic carbocycles. The summed E-state index contributed by atoms with van der Waals surface area (Å²) in [5.41, 5.74) is 5.08. The third kappa shape index (κ3) is 10.6. The van der Waals surface area contributed by atoms with Gasteiger partial charge in [-0.25, -0.2) is 4.39 Å². The lowest BCUT2D eigenvalue weighted by atomic mass is 9.92. The molecule has 0 aliphatic heterocycles. The first-order valence-electron chi connectivity index (χ1n) is 12.7. The van der Waals surface area contributed by atoms with Crippen molar-refractivity contribution in [1.29, 1.82) is 0 Å². The van der Waals surface area contributed by atoms with Crippen molar-refractivity contribution in [2.24, 2.45) is 0 Å². The highest BCUT2D eigenvalue weighted by atomic mass is 19.1. The van der Waals surface area contributed by atoms with Crippen LogP contribution in [0.4, 0.5) is 4.39 Å². The summed E-state index contributed by atoms with van der Waals surface area (Å²) < 4.78 is 25.1. The van der Waals surface area contributed by atoms with Crippen LogP contribution in [0, 0.1) is 26.6 Å². The maximum absolute atomic E-state index is 14.0. The van der Waals surface area contributed by atoms with E-state index in [1.54, 1.807) is 63.1 Å². The second kappa shape index (κ2) is 14.6. The third-order valence-electron chi connectivity index (χ3n) is 5.85. The van der Waals surface area contributed by atoms with Crippen molar-refractivity contribution in [2.75, 3.05) is 41.3 Å². The quantitative estimate of drug-likeness (QED) is 0.376. The molecular formula is C30H39FN2O6. The number of aryl methyl sites for hydroxylation is 3. The van der Waals surface area contributed by atoms with Crippen molar-refractivity contribution in [2.45, 2.75) is 45.8 Å². The number of ether oxygens (including phenoxy) is 2. The van der Waals surface area contributed by atoms with Crippen LogP contribution >= 0.6 is 0 Å². The smallest absolute Gasteiger partial charge is 0.320 e. The second-order valence-corrected chi connectivity index (χ2v) is 10.3. The Labute approximate surface area is 230 Å². The molecule has 0 unspecified atom stereocenters. The van der Waals surface area contributed by atoms with Crippen LogP contribution in [0.1, 0.15) is 35.1 Å². The number of likely N-dealkylation sites (N-methyl/N-ethyl adjacent to an activating group) is 2. The number of carbonyl (C=O) groups excluding carboxylic acids is 2. The number of nitrogens with zero attached hydrogens (tertiary/aromatic N) is 2. The standard InChI is InChI=1S/C30H39FN2O6/c1-19-12-20(2)25(26(13-19)22-8-11-27(31)21(3)14-22)10-9-23(38-29(36)17-32(4)5)15-24(16-28(34)35)39-30(37)18-33(6)7/h8-14,23-24H,15-18H2,1-7H3,(H,34,35)/t23-,24-/m1/s1. The van der Waals surface area contributed by atoms with Crippen LogP contribution in [0.15, 0.2) is 36.4 Å². The summed E-state index contributed by atoms with van der Waals surface area (Å²) in [6.45, 7) is 5.65. The molecule has 212 valence electrons. The van der Waals surface area contributed by atoms with Gasteiger partial charge in [0.2, 0.25) is 0 Å². The first-order valence-corrected chi connectivity index (χ1v) is 12.7. The van der Waals surface area contributed by atoms with Crippen molar-refractivity contribution in [1.82, 2.24) is 9.80 Å². The molecule has 0 spiro atoms. The Morgan fingerprint density at radius 2 is 1.54 bits per heavy atom. The summed E-state index contributed by atoms with van der Waals surface area (Å²) in [6, 6.07) is 8.95. The van der Waals surface area contributed by atoms with Gasteiger partial charge in [0.25, 0.3) is 0 Å². The largest absolute Gasteiger partial charge is 0.481 e. The zero-order valence-corrected chi connectivity index (χ0v) is 23.8. The number of carboxylic acids is 1. The molecule has 1 N–H and O–H groups in total. The van der Waals surface area contributed by atoms with Gasteiger partial charge >= 0.3 is 17.9 Å². The molecule has 0 saturated carbocycles. The highest BCUT2D eigenvalue weighted by molar-refractivity contribution is 5.79.